The van der Waals surface area contributed by atoms with Gasteiger partial charge in [0.25, 0.3) is 5.56 Å². The second-order valence-electron chi connectivity index (χ2n) is 9.80. The van der Waals surface area contributed by atoms with Crippen molar-refractivity contribution in [3.05, 3.63) is 16.7 Å². The summed E-state index contributed by atoms with van der Waals surface area (Å²) in [5.41, 5.74) is -0.356. The van der Waals surface area contributed by atoms with Crippen molar-refractivity contribution in [1.82, 2.24) is 19.5 Å². The van der Waals surface area contributed by atoms with E-state index in [1.54, 1.807) is 41.5 Å². The van der Waals surface area contributed by atoms with Crippen molar-refractivity contribution in [2.24, 2.45) is 5.92 Å². The summed E-state index contributed by atoms with van der Waals surface area (Å²) in [6.45, 7) is 10.2. The highest BCUT2D eigenvalue weighted by atomic mass is 31.2. The van der Waals surface area contributed by atoms with Crippen LogP contribution in [0.3, 0.4) is 0 Å². The monoisotopic (exact) mass is 571 g/mol. The molecule has 2 aromatic heterocycles. The summed E-state index contributed by atoms with van der Waals surface area (Å²) < 4.78 is 48.2. The van der Waals surface area contributed by atoms with Gasteiger partial charge in [-0.2, -0.15) is 4.98 Å². The van der Waals surface area contributed by atoms with E-state index < -0.39 is 55.6 Å². The number of imidazole rings is 1. The van der Waals surface area contributed by atoms with Crippen molar-refractivity contribution >= 4 is 36.6 Å². The first-order valence-corrected chi connectivity index (χ1v) is 14.4. The van der Waals surface area contributed by atoms with Crippen LogP contribution in [0.4, 0.5) is 5.95 Å². The van der Waals surface area contributed by atoms with Crippen LogP contribution in [0.1, 0.15) is 47.8 Å². The van der Waals surface area contributed by atoms with Gasteiger partial charge in [-0.05, 0) is 27.7 Å². The van der Waals surface area contributed by atoms with Gasteiger partial charge in [0.1, 0.15) is 31.1 Å². The molecular weight excluding hydrogens is 537 g/mol. The van der Waals surface area contributed by atoms with Crippen LogP contribution in [0, 0.1) is 5.92 Å². The number of anilines is 1. The average Bonchev–Trinajstić information content (AvgIpc) is 3.48. The number of fused-ring (bicyclic) bond motifs is 2. The van der Waals surface area contributed by atoms with E-state index >= 15 is 0 Å². The minimum absolute atomic E-state index is 0.0355. The van der Waals surface area contributed by atoms with Gasteiger partial charge in [0.2, 0.25) is 11.9 Å². The Morgan fingerprint density at radius 2 is 1.87 bits per heavy atom. The summed E-state index contributed by atoms with van der Waals surface area (Å²) in [4.78, 5) is 48.3. The normalized spacial score (nSPS) is 24.3. The van der Waals surface area contributed by atoms with Crippen LogP contribution >= 0.6 is 7.60 Å². The topological polar surface area (TPSA) is 182 Å². The molecule has 216 valence electrons. The molecule has 4 heterocycles. The van der Waals surface area contributed by atoms with Gasteiger partial charge in [-0.15, -0.1) is 0 Å². The molecule has 0 bridgehead atoms. The standard InChI is InChI=1S/C23H34N5O10P/c1-7-34-39(32,35-8-2)10-14(29)33-9-13-16-17(38-23(5,6)37-16)21(36-13)28-11-24-15-18(28)25-22(27-20(15)31)26-19(30)12(3)4/h11-13,16-17,21H,7-10H2,1-6H3,(H2,25,26,27,30,31)/t13-,16-,17-,21-/m1/s1. The number of amides is 1. The number of hydrogen-bond donors (Lipinski definition) is 2. The van der Waals surface area contributed by atoms with E-state index in [9.17, 15) is 18.9 Å². The third-order valence-corrected chi connectivity index (χ3v) is 7.93. The lowest BCUT2D eigenvalue weighted by Crippen LogP contribution is -2.34. The summed E-state index contributed by atoms with van der Waals surface area (Å²) >= 11 is 0. The van der Waals surface area contributed by atoms with Crippen LogP contribution in [0.25, 0.3) is 11.2 Å². The van der Waals surface area contributed by atoms with E-state index in [2.05, 4.69) is 20.3 Å². The molecule has 2 saturated heterocycles. The number of aromatic nitrogens is 4. The molecule has 0 aliphatic carbocycles. The molecule has 2 fully saturated rings. The third kappa shape index (κ3) is 6.39. The second kappa shape index (κ2) is 11.4. The molecule has 4 atom stereocenters. The zero-order chi connectivity index (χ0) is 28.5. The number of hydrogen-bond acceptors (Lipinski definition) is 12. The molecular formula is C23H34N5O10P. The molecule has 2 aromatic rings. The van der Waals surface area contributed by atoms with E-state index in [0.717, 1.165) is 0 Å². The van der Waals surface area contributed by atoms with Gasteiger partial charge >= 0.3 is 13.6 Å². The Morgan fingerprint density at radius 3 is 2.51 bits per heavy atom. The summed E-state index contributed by atoms with van der Waals surface area (Å²) in [5.74, 6) is -2.45. The Hall–Kier alpha value is -2.68. The lowest BCUT2D eigenvalue weighted by Gasteiger charge is -2.24. The fourth-order valence-corrected chi connectivity index (χ4v) is 5.80. The van der Waals surface area contributed by atoms with Gasteiger partial charge in [0, 0.05) is 5.92 Å². The Kier molecular flexibility index (Phi) is 8.59. The number of carbonyl (C=O) groups excluding carboxylic acids is 2. The van der Waals surface area contributed by atoms with Gasteiger partial charge in [-0.1, -0.05) is 13.8 Å². The van der Waals surface area contributed by atoms with E-state index in [4.69, 9.17) is 28.0 Å². The van der Waals surface area contributed by atoms with Crippen LogP contribution in [0.15, 0.2) is 11.1 Å². The zero-order valence-corrected chi connectivity index (χ0v) is 23.6. The SMILES string of the molecule is CCOP(=O)(CC(=O)OC[C@H]1O[C@@H](n2cnc3c(=O)[nH]c(NC(=O)C(C)C)nc32)[C@@H]2OC(C)(C)O[C@@H]21)OCC. The fourth-order valence-electron chi connectivity index (χ4n) is 4.35. The Balaban J connectivity index is 1.56. The zero-order valence-electron chi connectivity index (χ0n) is 22.7. The van der Waals surface area contributed by atoms with Gasteiger partial charge in [0.15, 0.2) is 23.2 Å². The third-order valence-electron chi connectivity index (χ3n) is 5.98. The minimum Gasteiger partial charge on any atom is -0.462 e. The van der Waals surface area contributed by atoms with Crippen LogP contribution in [0.5, 0.6) is 0 Å². The lowest BCUT2D eigenvalue weighted by atomic mass is 10.1. The Morgan fingerprint density at radius 1 is 1.21 bits per heavy atom. The van der Waals surface area contributed by atoms with E-state index in [-0.39, 0.29) is 48.8 Å². The van der Waals surface area contributed by atoms with Gasteiger partial charge in [-0.3, -0.25) is 33.8 Å². The molecule has 1 amide bonds. The molecule has 2 aliphatic rings. The molecule has 0 aromatic carbocycles. The molecule has 15 nitrogen and oxygen atoms in total. The van der Waals surface area contributed by atoms with Crippen LogP contribution in [-0.2, 0) is 42.1 Å². The van der Waals surface area contributed by atoms with Crippen molar-refractivity contribution in [3.63, 3.8) is 0 Å². The predicted octanol–water partition coefficient (Wildman–Crippen LogP) is 1.94. The van der Waals surface area contributed by atoms with Gasteiger partial charge in [-0.25, -0.2) is 4.98 Å². The summed E-state index contributed by atoms with van der Waals surface area (Å²) in [5, 5.41) is 2.58. The number of carbonyl (C=O) groups is 2. The number of esters is 1. The molecule has 2 N–H and O–H groups in total. The first-order valence-electron chi connectivity index (χ1n) is 12.7. The molecule has 0 saturated carbocycles. The highest BCUT2D eigenvalue weighted by molar-refractivity contribution is 7.54. The predicted molar refractivity (Wildman–Crippen MR) is 136 cm³/mol. The van der Waals surface area contributed by atoms with Crippen molar-refractivity contribution < 1.29 is 42.1 Å². The summed E-state index contributed by atoms with van der Waals surface area (Å²) in [6.07, 6.45) is -2.12. The van der Waals surface area contributed by atoms with Crippen LogP contribution in [-0.4, -0.2) is 81.5 Å². The highest BCUT2D eigenvalue weighted by Crippen LogP contribution is 2.48. The average molecular weight is 572 g/mol. The number of H-pyrrole nitrogens is 1. The highest BCUT2D eigenvalue weighted by Gasteiger charge is 2.56. The summed E-state index contributed by atoms with van der Waals surface area (Å²) in [7, 11) is -3.64. The van der Waals surface area contributed by atoms with Crippen molar-refractivity contribution in [2.75, 3.05) is 31.3 Å². The number of rotatable bonds is 11. The number of nitrogens with one attached hydrogen (secondary N) is 2. The minimum atomic E-state index is -3.64. The van der Waals surface area contributed by atoms with E-state index in [1.165, 1.54) is 10.9 Å². The van der Waals surface area contributed by atoms with E-state index in [0.29, 0.717) is 0 Å². The molecule has 2 aliphatic heterocycles. The number of ether oxygens (including phenoxy) is 4. The molecule has 0 spiro atoms. The molecule has 39 heavy (non-hydrogen) atoms. The maximum absolute atomic E-state index is 12.7. The number of aromatic amines is 1. The maximum atomic E-state index is 12.7. The molecule has 4 rings (SSSR count). The van der Waals surface area contributed by atoms with Gasteiger partial charge in [0.05, 0.1) is 19.5 Å². The first-order chi connectivity index (χ1) is 18.4. The first kappa shape index (κ1) is 29.3. The van der Waals surface area contributed by atoms with Crippen molar-refractivity contribution in [3.8, 4) is 0 Å². The maximum Gasteiger partial charge on any atom is 0.341 e. The van der Waals surface area contributed by atoms with E-state index in [1.807, 2.05) is 0 Å². The Bertz CT molecular complexity index is 1310. The smallest absolute Gasteiger partial charge is 0.341 e. The van der Waals surface area contributed by atoms with Crippen LogP contribution in [0.2, 0.25) is 0 Å². The molecule has 0 unspecified atom stereocenters. The quantitative estimate of drug-likeness (QED) is 0.296. The van der Waals surface area contributed by atoms with Crippen LogP contribution < -0.4 is 10.9 Å². The van der Waals surface area contributed by atoms with Crippen molar-refractivity contribution in [1.29, 1.82) is 0 Å². The summed E-state index contributed by atoms with van der Waals surface area (Å²) in [6, 6.07) is 0. The lowest BCUT2D eigenvalue weighted by molar-refractivity contribution is -0.201. The fraction of sp³-hybridized carbons (Fsp3) is 0.696. The Labute approximate surface area is 224 Å². The number of nitrogens with zero attached hydrogens (tertiary/aromatic N) is 3. The molecule has 16 heteroatoms. The van der Waals surface area contributed by atoms with Gasteiger partial charge < -0.3 is 28.0 Å². The second-order valence-corrected chi connectivity index (χ2v) is 11.9. The largest absolute Gasteiger partial charge is 0.462 e. The molecule has 0 radical (unpaired) electrons. The van der Waals surface area contributed by atoms with Crippen molar-refractivity contribution in [2.45, 2.75) is 71.9 Å².